The van der Waals surface area contributed by atoms with Gasteiger partial charge in [0.05, 0.1) is 0 Å². The van der Waals surface area contributed by atoms with Gasteiger partial charge >= 0.3 is 0 Å². The fourth-order valence-corrected chi connectivity index (χ4v) is 9.07. The summed E-state index contributed by atoms with van der Waals surface area (Å²) in [6.07, 6.45) is 7.13. The maximum absolute atomic E-state index is 6.78. The molecule has 4 saturated carbocycles. The zero-order valence-electron chi connectivity index (χ0n) is 18.7. The third kappa shape index (κ3) is 2.33. The minimum Gasteiger partial charge on any atom is -0.0837 e. The maximum Gasteiger partial charge on any atom is 0.0484 e. The Morgan fingerprint density at radius 1 is 0.576 bits per heavy atom. The summed E-state index contributed by atoms with van der Waals surface area (Å²) in [5.74, 6) is 3.46. The molecule has 0 saturated heterocycles. The van der Waals surface area contributed by atoms with E-state index in [1.54, 1.807) is 11.1 Å². The van der Waals surface area contributed by atoms with Gasteiger partial charge in [0, 0.05) is 16.0 Å². The van der Waals surface area contributed by atoms with Gasteiger partial charge in [-0.25, -0.2) is 0 Å². The molecule has 33 heavy (non-hydrogen) atoms. The first-order valence-electron chi connectivity index (χ1n) is 12.7. The van der Waals surface area contributed by atoms with Crippen LogP contribution in [0.15, 0.2) is 78.9 Å². The highest BCUT2D eigenvalue weighted by Gasteiger charge is 2.61. The van der Waals surface area contributed by atoms with E-state index in [1.807, 2.05) is 12.1 Å². The Labute approximate surface area is 200 Å². The molecule has 0 aromatic heterocycles. The Morgan fingerprint density at radius 3 is 1.94 bits per heavy atom. The predicted octanol–water partition coefficient (Wildman–Crippen LogP) is 8.88. The molecule has 4 fully saturated rings. The van der Waals surface area contributed by atoms with Crippen molar-refractivity contribution in [3.05, 3.63) is 95.0 Å². The number of halogens is 1. The number of hydrogen-bond donors (Lipinski definition) is 0. The van der Waals surface area contributed by atoms with Crippen LogP contribution in [0.5, 0.6) is 0 Å². The largest absolute Gasteiger partial charge is 0.0837 e. The van der Waals surface area contributed by atoms with E-state index in [2.05, 4.69) is 66.7 Å². The predicted molar refractivity (Wildman–Crippen MR) is 138 cm³/mol. The molecular weight excluding hydrogens is 420 g/mol. The molecule has 0 N–H and O–H groups in total. The van der Waals surface area contributed by atoms with E-state index in [4.69, 9.17) is 11.6 Å². The molecule has 0 aliphatic heterocycles. The summed E-state index contributed by atoms with van der Waals surface area (Å²) >= 11 is 6.78. The zero-order chi connectivity index (χ0) is 21.7. The summed E-state index contributed by atoms with van der Waals surface area (Å²) in [6, 6.07) is 29.5. The smallest absolute Gasteiger partial charge is 0.0484 e. The van der Waals surface area contributed by atoms with Crippen LogP contribution in [0.1, 0.15) is 43.2 Å². The van der Waals surface area contributed by atoms with Crippen LogP contribution < -0.4 is 0 Å². The quantitative estimate of drug-likeness (QED) is 0.274. The van der Waals surface area contributed by atoms with E-state index < -0.39 is 0 Å². The monoisotopic (exact) mass is 446 g/mol. The molecule has 4 aromatic carbocycles. The molecule has 0 radical (unpaired) electrons. The van der Waals surface area contributed by atoms with Gasteiger partial charge < -0.3 is 0 Å². The number of hydrogen-bond acceptors (Lipinski definition) is 0. The van der Waals surface area contributed by atoms with Gasteiger partial charge in [0.2, 0.25) is 0 Å². The van der Waals surface area contributed by atoms with Gasteiger partial charge in [0.1, 0.15) is 0 Å². The highest BCUT2D eigenvalue weighted by Crippen LogP contribution is 2.70. The summed E-state index contributed by atoms with van der Waals surface area (Å²) in [5, 5.41) is 3.58. The maximum atomic E-state index is 6.78. The van der Waals surface area contributed by atoms with Crippen LogP contribution in [0, 0.1) is 23.7 Å². The molecule has 9 rings (SSSR count). The second-order valence-electron chi connectivity index (χ2n) is 11.1. The lowest BCUT2D eigenvalue weighted by Crippen LogP contribution is -2.55. The third-order valence-electron chi connectivity index (χ3n) is 9.70. The first-order valence-corrected chi connectivity index (χ1v) is 13.0. The van der Waals surface area contributed by atoms with Gasteiger partial charge in [-0.05, 0) is 113 Å². The van der Waals surface area contributed by atoms with Crippen molar-refractivity contribution in [2.75, 3.05) is 0 Å². The van der Waals surface area contributed by atoms with Gasteiger partial charge in [-0.2, -0.15) is 0 Å². The summed E-state index contributed by atoms with van der Waals surface area (Å²) in [5.41, 5.74) is 8.78. The van der Waals surface area contributed by atoms with Crippen LogP contribution >= 0.6 is 11.6 Å². The molecule has 0 nitrogen and oxygen atoms in total. The summed E-state index contributed by atoms with van der Waals surface area (Å²) < 4.78 is 0. The van der Waals surface area contributed by atoms with Crippen LogP contribution in [0.25, 0.3) is 33.0 Å². The van der Waals surface area contributed by atoms with Gasteiger partial charge in [-0.1, -0.05) is 72.3 Å². The molecule has 5 aliphatic carbocycles. The van der Waals surface area contributed by atoms with Crippen molar-refractivity contribution in [1.29, 1.82) is 0 Å². The summed E-state index contributed by atoms with van der Waals surface area (Å²) in [4.78, 5) is 0. The molecule has 0 amide bonds. The molecule has 0 heterocycles. The fourth-order valence-electron chi connectivity index (χ4n) is 8.83. The topological polar surface area (TPSA) is 0 Å². The Morgan fingerprint density at radius 2 is 1.21 bits per heavy atom. The van der Waals surface area contributed by atoms with Crippen molar-refractivity contribution in [3.63, 3.8) is 0 Å². The minimum absolute atomic E-state index is 0.180. The second-order valence-corrected chi connectivity index (χ2v) is 11.5. The molecule has 4 aromatic rings. The van der Waals surface area contributed by atoms with E-state index in [-0.39, 0.29) is 5.41 Å². The molecular formula is C32H27Cl. The van der Waals surface area contributed by atoms with Crippen LogP contribution in [-0.4, -0.2) is 0 Å². The molecule has 0 unspecified atom stereocenters. The Kier molecular flexibility index (Phi) is 3.71. The van der Waals surface area contributed by atoms with Crippen LogP contribution in [0.2, 0.25) is 5.02 Å². The lowest BCUT2D eigenvalue weighted by atomic mass is 9.43. The van der Waals surface area contributed by atoms with Gasteiger partial charge in [0.15, 0.2) is 0 Å². The molecule has 5 aliphatic rings. The van der Waals surface area contributed by atoms with Crippen molar-refractivity contribution in [1.82, 2.24) is 0 Å². The zero-order valence-corrected chi connectivity index (χ0v) is 19.5. The number of benzene rings is 4. The SMILES string of the molecule is Clc1ccccc1-c1cccc2c1-c1cc3ccccc3cc1C21C2CC3CC(C2)CC1C3. The van der Waals surface area contributed by atoms with Crippen molar-refractivity contribution >= 4 is 22.4 Å². The molecule has 4 bridgehead atoms. The molecule has 1 spiro atoms. The van der Waals surface area contributed by atoms with Crippen molar-refractivity contribution in [3.8, 4) is 22.3 Å². The lowest BCUT2D eigenvalue weighted by molar-refractivity contribution is -0.0398. The summed E-state index contributed by atoms with van der Waals surface area (Å²) in [7, 11) is 0. The Bertz CT molecular complexity index is 1420. The Balaban J connectivity index is 1.50. The first kappa shape index (κ1) is 18.8. The van der Waals surface area contributed by atoms with Crippen molar-refractivity contribution in [2.24, 2.45) is 23.7 Å². The number of fused-ring (bicyclic) bond motifs is 4. The molecule has 0 atom stereocenters. The van der Waals surface area contributed by atoms with Crippen LogP contribution in [-0.2, 0) is 5.41 Å². The van der Waals surface area contributed by atoms with E-state index >= 15 is 0 Å². The minimum atomic E-state index is 0.180. The van der Waals surface area contributed by atoms with Crippen molar-refractivity contribution < 1.29 is 0 Å². The van der Waals surface area contributed by atoms with E-state index in [0.717, 1.165) is 34.3 Å². The third-order valence-corrected chi connectivity index (χ3v) is 10.0. The van der Waals surface area contributed by atoms with E-state index in [9.17, 15) is 0 Å². The first-order chi connectivity index (χ1) is 16.2. The normalized spacial score (nSPS) is 30.7. The molecule has 162 valence electrons. The average molecular weight is 447 g/mol. The van der Waals surface area contributed by atoms with Crippen molar-refractivity contribution in [2.45, 2.75) is 37.5 Å². The Hall–Kier alpha value is -2.57. The van der Waals surface area contributed by atoms with Gasteiger partial charge in [-0.15, -0.1) is 0 Å². The van der Waals surface area contributed by atoms with E-state index in [0.29, 0.717) is 0 Å². The highest BCUT2D eigenvalue weighted by molar-refractivity contribution is 6.33. The van der Waals surface area contributed by atoms with Crippen LogP contribution in [0.3, 0.4) is 0 Å². The lowest BCUT2D eigenvalue weighted by Gasteiger charge is -2.61. The average Bonchev–Trinajstić information content (AvgIpc) is 3.11. The van der Waals surface area contributed by atoms with E-state index in [1.165, 1.54) is 59.6 Å². The van der Waals surface area contributed by atoms with Gasteiger partial charge in [0.25, 0.3) is 0 Å². The fraction of sp³-hybridized carbons (Fsp3) is 0.312. The van der Waals surface area contributed by atoms with Crippen LogP contribution in [0.4, 0.5) is 0 Å². The second kappa shape index (κ2) is 6.51. The van der Waals surface area contributed by atoms with Gasteiger partial charge in [-0.3, -0.25) is 0 Å². The molecule has 1 heteroatoms. The highest BCUT2D eigenvalue weighted by atomic mass is 35.5. The number of rotatable bonds is 1. The standard InChI is InChI=1S/C32H27Cl/c33-30-11-4-3-8-25(30)26-9-5-10-28-31(26)27-17-21-6-1-2-7-22(21)18-29(27)32(28)23-13-19-12-20(15-23)16-24(32)14-19/h1-11,17-20,23-24H,12-16H2. The summed E-state index contributed by atoms with van der Waals surface area (Å²) in [6.45, 7) is 0.